The summed E-state index contributed by atoms with van der Waals surface area (Å²) in [7, 11) is 0. The summed E-state index contributed by atoms with van der Waals surface area (Å²) in [6, 6.07) is 4.52. The lowest BCUT2D eigenvalue weighted by molar-refractivity contribution is 0.171. The van der Waals surface area contributed by atoms with Crippen LogP contribution < -0.4 is 14.8 Å². The number of nitrogens with one attached hydrogen (secondary N) is 1. The summed E-state index contributed by atoms with van der Waals surface area (Å²) in [6.45, 7) is 11.2. The first kappa shape index (κ1) is 14.0. The number of hydrogen-bond acceptors (Lipinski definition) is 3. The van der Waals surface area contributed by atoms with Crippen LogP contribution in [0.2, 0.25) is 5.02 Å². The van der Waals surface area contributed by atoms with Crippen LogP contribution in [-0.4, -0.2) is 19.3 Å². The van der Waals surface area contributed by atoms with Crippen LogP contribution in [0.1, 0.15) is 33.3 Å². The maximum Gasteiger partial charge on any atom is 0.179 e. The molecule has 0 radical (unpaired) electrons. The Kier molecular flexibility index (Phi) is 3.18. The van der Waals surface area contributed by atoms with E-state index in [-0.39, 0.29) is 0 Å². The van der Waals surface area contributed by atoms with Crippen LogP contribution in [-0.2, 0) is 6.54 Å². The monoisotopic (exact) mass is 295 g/mol. The van der Waals surface area contributed by atoms with Gasteiger partial charge in [-0.2, -0.15) is 0 Å². The second-order valence-electron chi connectivity index (χ2n) is 6.86. The molecule has 0 saturated heterocycles. The maximum atomic E-state index is 6.26. The van der Waals surface area contributed by atoms with Gasteiger partial charge in [-0.15, -0.1) is 0 Å². The summed E-state index contributed by atoms with van der Waals surface area (Å²) >= 11 is 6.26. The molecule has 0 spiro atoms. The van der Waals surface area contributed by atoms with E-state index >= 15 is 0 Å². The first-order chi connectivity index (χ1) is 9.34. The van der Waals surface area contributed by atoms with E-state index < -0.39 is 0 Å². The van der Waals surface area contributed by atoms with Gasteiger partial charge in [0.15, 0.2) is 11.5 Å². The van der Waals surface area contributed by atoms with E-state index in [0.29, 0.717) is 40.9 Å². The number of rotatable bonds is 3. The van der Waals surface area contributed by atoms with Gasteiger partial charge >= 0.3 is 0 Å². The normalized spacial score (nSPS) is 22.6. The molecule has 1 saturated carbocycles. The summed E-state index contributed by atoms with van der Waals surface area (Å²) < 4.78 is 11.1. The molecule has 3 rings (SSSR count). The summed E-state index contributed by atoms with van der Waals surface area (Å²) in [5.41, 5.74) is 1.81. The third-order valence-electron chi connectivity index (χ3n) is 5.19. The lowest BCUT2D eigenvalue weighted by Gasteiger charge is -2.20. The Balaban J connectivity index is 1.72. The van der Waals surface area contributed by atoms with Gasteiger partial charge in [-0.1, -0.05) is 39.3 Å². The van der Waals surface area contributed by atoms with Gasteiger partial charge in [0.2, 0.25) is 0 Å². The van der Waals surface area contributed by atoms with Crippen molar-refractivity contribution in [1.29, 1.82) is 0 Å². The van der Waals surface area contributed by atoms with E-state index in [4.69, 9.17) is 21.1 Å². The molecule has 1 aliphatic heterocycles. The van der Waals surface area contributed by atoms with Gasteiger partial charge < -0.3 is 14.8 Å². The van der Waals surface area contributed by atoms with Crippen LogP contribution in [0.5, 0.6) is 11.5 Å². The predicted molar refractivity (Wildman–Crippen MR) is 80.6 cm³/mol. The number of fused-ring (bicyclic) bond motifs is 1. The minimum Gasteiger partial charge on any atom is -0.486 e. The lowest BCUT2D eigenvalue weighted by atomic mass is 10.0. The maximum absolute atomic E-state index is 6.26. The Hall–Kier alpha value is -0.930. The van der Waals surface area contributed by atoms with Gasteiger partial charge in [0.1, 0.15) is 13.2 Å². The van der Waals surface area contributed by atoms with Crippen molar-refractivity contribution < 1.29 is 9.47 Å². The van der Waals surface area contributed by atoms with Crippen molar-refractivity contribution in [2.75, 3.05) is 13.2 Å². The second kappa shape index (κ2) is 4.54. The highest BCUT2D eigenvalue weighted by Crippen LogP contribution is 2.62. The summed E-state index contributed by atoms with van der Waals surface area (Å²) in [4.78, 5) is 0. The number of halogens is 1. The van der Waals surface area contributed by atoms with Crippen LogP contribution in [0.4, 0.5) is 0 Å². The molecule has 1 aromatic carbocycles. The minimum atomic E-state index is 0.338. The Morgan fingerprint density at radius 1 is 1.15 bits per heavy atom. The van der Waals surface area contributed by atoms with Crippen molar-refractivity contribution >= 4 is 11.6 Å². The van der Waals surface area contributed by atoms with E-state index in [1.807, 2.05) is 12.1 Å². The van der Waals surface area contributed by atoms with E-state index in [1.54, 1.807) is 0 Å². The van der Waals surface area contributed by atoms with Gasteiger partial charge in [-0.25, -0.2) is 0 Å². The zero-order valence-corrected chi connectivity index (χ0v) is 13.3. The highest BCUT2D eigenvalue weighted by molar-refractivity contribution is 6.32. The number of ether oxygens (including phenoxy) is 2. The van der Waals surface area contributed by atoms with Crippen LogP contribution in [0.15, 0.2) is 12.1 Å². The smallest absolute Gasteiger partial charge is 0.179 e. The molecule has 1 N–H and O–H groups in total. The Labute approximate surface area is 125 Å². The quantitative estimate of drug-likeness (QED) is 0.923. The average molecular weight is 296 g/mol. The molecule has 0 atom stereocenters. The molecule has 1 aromatic rings. The first-order valence-electron chi connectivity index (χ1n) is 7.15. The molecule has 0 unspecified atom stereocenters. The molecule has 0 amide bonds. The standard InChI is InChI=1S/C16H22ClNO2/c1-15(2)14(16(15,3)4)18-9-10-7-11(17)13-12(8-10)19-5-6-20-13/h7-8,14,18H,5-6,9H2,1-4H3. The van der Waals surface area contributed by atoms with Crippen LogP contribution in [0.3, 0.4) is 0 Å². The number of hydrogen-bond donors (Lipinski definition) is 1. The van der Waals surface area contributed by atoms with Crippen LogP contribution in [0.25, 0.3) is 0 Å². The predicted octanol–water partition coefficient (Wildman–Crippen LogP) is 3.64. The Bertz CT molecular complexity index is 526. The van der Waals surface area contributed by atoms with Gasteiger partial charge in [-0.3, -0.25) is 0 Å². The van der Waals surface area contributed by atoms with E-state index in [0.717, 1.165) is 17.9 Å². The van der Waals surface area contributed by atoms with Gasteiger partial charge in [0, 0.05) is 12.6 Å². The fourth-order valence-corrected chi connectivity index (χ4v) is 3.48. The van der Waals surface area contributed by atoms with Crippen molar-refractivity contribution in [3.63, 3.8) is 0 Å². The highest BCUT2D eigenvalue weighted by Gasteiger charge is 2.64. The molecule has 1 heterocycles. The van der Waals surface area contributed by atoms with Gasteiger partial charge in [-0.05, 0) is 28.5 Å². The highest BCUT2D eigenvalue weighted by atomic mass is 35.5. The SMILES string of the molecule is CC1(C)C(NCc2cc(Cl)c3c(c2)OCCO3)C1(C)C. The van der Waals surface area contributed by atoms with Crippen molar-refractivity contribution in [2.24, 2.45) is 10.8 Å². The van der Waals surface area contributed by atoms with Gasteiger partial charge in [0.25, 0.3) is 0 Å². The zero-order valence-electron chi connectivity index (χ0n) is 12.5. The van der Waals surface area contributed by atoms with Crippen LogP contribution >= 0.6 is 11.6 Å². The molecule has 3 nitrogen and oxygen atoms in total. The zero-order chi connectivity index (χ0) is 14.5. The lowest BCUT2D eigenvalue weighted by Crippen LogP contribution is -2.22. The molecule has 110 valence electrons. The van der Waals surface area contributed by atoms with Crippen molar-refractivity contribution in [2.45, 2.75) is 40.3 Å². The molecular weight excluding hydrogens is 274 g/mol. The third-order valence-corrected chi connectivity index (χ3v) is 5.47. The number of benzene rings is 1. The largest absolute Gasteiger partial charge is 0.486 e. The fourth-order valence-electron chi connectivity index (χ4n) is 3.19. The topological polar surface area (TPSA) is 30.5 Å². The van der Waals surface area contributed by atoms with Crippen molar-refractivity contribution in [1.82, 2.24) is 5.32 Å². The summed E-state index contributed by atoms with van der Waals surface area (Å²) in [5, 5.41) is 4.27. The Morgan fingerprint density at radius 3 is 2.45 bits per heavy atom. The van der Waals surface area contributed by atoms with E-state index in [1.165, 1.54) is 0 Å². The molecule has 0 aromatic heterocycles. The molecule has 1 aliphatic carbocycles. The first-order valence-corrected chi connectivity index (χ1v) is 7.53. The molecular formula is C16H22ClNO2. The van der Waals surface area contributed by atoms with E-state index in [9.17, 15) is 0 Å². The molecule has 20 heavy (non-hydrogen) atoms. The molecule has 0 bridgehead atoms. The van der Waals surface area contributed by atoms with Crippen molar-refractivity contribution in [3.8, 4) is 11.5 Å². The minimum absolute atomic E-state index is 0.338. The average Bonchev–Trinajstić information content (AvgIpc) is 2.77. The van der Waals surface area contributed by atoms with Crippen molar-refractivity contribution in [3.05, 3.63) is 22.7 Å². The van der Waals surface area contributed by atoms with Gasteiger partial charge in [0.05, 0.1) is 5.02 Å². The molecule has 4 heteroatoms. The fraction of sp³-hybridized carbons (Fsp3) is 0.625. The Morgan fingerprint density at radius 2 is 1.80 bits per heavy atom. The second-order valence-corrected chi connectivity index (χ2v) is 7.27. The molecule has 2 aliphatic rings. The molecule has 1 fully saturated rings. The summed E-state index contributed by atoms with van der Waals surface area (Å²) in [6.07, 6.45) is 0. The summed E-state index contributed by atoms with van der Waals surface area (Å²) in [5.74, 6) is 1.43. The van der Waals surface area contributed by atoms with E-state index in [2.05, 4.69) is 33.0 Å². The third kappa shape index (κ3) is 2.08. The van der Waals surface area contributed by atoms with Crippen LogP contribution in [0, 0.1) is 10.8 Å².